The first-order valence-electron chi connectivity index (χ1n) is 8.00. The van der Waals surface area contributed by atoms with E-state index in [9.17, 15) is 4.79 Å². The SMILES string of the molecule is O=C(O)C1CCC(NCCCCSc2ccccc2Br)CC1. The van der Waals surface area contributed by atoms with Gasteiger partial charge in [0.15, 0.2) is 0 Å². The molecule has 1 saturated carbocycles. The number of aliphatic carboxylic acids is 1. The van der Waals surface area contributed by atoms with E-state index in [1.165, 1.54) is 22.2 Å². The van der Waals surface area contributed by atoms with Crippen LogP contribution in [0.1, 0.15) is 38.5 Å². The molecule has 0 bridgehead atoms. The molecule has 0 aromatic heterocycles. The second-order valence-corrected chi connectivity index (χ2v) is 7.82. The Bertz CT molecular complexity index is 475. The number of nitrogens with one attached hydrogen (secondary N) is 1. The summed E-state index contributed by atoms with van der Waals surface area (Å²) in [6.07, 6.45) is 6.03. The maximum Gasteiger partial charge on any atom is 0.306 e. The molecule has 0 unspecified atom stereocenters. The molecule has 0 amide bonds. The molecule has 0 spiro atoms. The number of carbonyl (C=O) groups is 1. The first-order valence-corrected chi connectivity index (χ1v) is 9.78. The number of benzene rings is 1. The van der Waals surface area contributed by atoms with Crippen LogP contribution in [0.25, 0.3) is 0 Å². The molecule has 1 aliphatic carbocycles. The van der Waals surface area contributed by atoms with E-state index in [4.69, 9.17) is 5.11 Å². The van der Waals surface area contributed by atoms with Crippen LogP contribution in [0, 0.1) is 5.92 Å². The smallest absolute Gasteiger partial charge is 0.306 e. The monoisotopic (exact) mass is 385 g/mol. The predicted molar refractivity (Wildman–Crippen MR) is 95.5 cm³/mol. The van der Waals surface area contributed by atoms with Crippen molar-refractivity contribution in [3.8, 4) is 0 Å². The summed E-state index contributed by atoms with van der Waals surface area (Å²) in [5.74, 6) is 0.400. The Labute approximate surface area is 145 Å². The number of unbranched alkanes of at least 4 members (excludes halogenated alkanes) is 1. The largest absolute Gasteiger partial charge is 0.481 e. The molecule has 3 nitrogen and oxygen atoms in total. The molecule has 0 saturated heterocycles. The minimum atomic E-state index is -0.623. The average Bonchev–Trinajstić information content (AvgIpc) is 2.53. The predicted octanol–water partition coefficient (Wildman–Crippen LogP) is 4.55. The van der Waals surface area contributed by atoms with Crippen molar-refractivity contribution >= 4 is 33.7 Å². The van der Waals surface area contributed by atoms with Crippen molar-refractivity contribution in [2.24, 2.45) is 5.92 Å². The maximum absolute atomic E-state index is 10.9. The number of thioether (sulfide) groups is 1. The van der Waals surface area contributed by atoms with E-state index in [1.54, 1.807) is 0 Å². The van der Waals surface area contributed by atoms with Gasteiger partial charge < -0.3 is 10.4 Å². The molecule has 1 fully saturated rings. The first kappa shape index (κ1) is 17.8. The number of halogens is 1. The first-order chi connectivity index (χ1) is 10.7. The van der Waals surface area contributed by atoms with Gasteiger partial charge in [0, 0.05) is 15.4 Å². The van der Waals surface area contributed by atoms with E-state index in [0.29, 0.717) is 6.04 Å². The normalized spacial score (nSPS) is 21.7. The molecule has 5 heteroatoms. The van der Waals surface area contributed by atoms with Gasteiger partial charge in [-0.15, -0.1) is 11.8 Å². The topological polar surface area (TPSA) is 49.3 Å². The third-order valence-electron chi connectivity index (χ3n) is 4.17. The maximum atomic E-state index is 10.9. The minimum Gasteiger partial charge on any atom is -0.481 e. The van der Waals surface area contributed by atoms with E-state index in [-0.39, 0.29) is 5.92 Å². The third-order valence-corrected chi connectivity index (χ3v) is 6.29. The van der Waals surface area contributed by atoms with Gasteiger partial charge in [0.25, 0.3) is 0 Å². The second kappa shape index (κ2) is 9.58. The van der Waals surface area contributed by atoms with E-state index in [0.717, 1.165) is 38.0 Å². The fraction of sp³-hybridized carbons (Fsp3) is 0.588. The highest BCUT2D eigenvalue weighted by Gasteiger charge is 2.25. The molecular weight excluding hydrogens is 362 g/mol. The van der Waals surface area contributed by atoms with Crippen molar-refractivity contribution in [1.29, 1.82) is 0 Å². The van der Waals surface area contributed by atoms with Crippen LogP contribution in [0.5, 0.6) is 0 Å². The van der Waals surface area contributed by atoms with Crippen LogP contribution in [0.15, 0.2) is 33.6 Å². The van der Waals surface area contributed by atoms with E-state index in [2.05, 4.69) is 39.4 Å². The van der Waals surface area contributed by atoms with Crippen molar-refractivity contribution in [3.63, 3.8) is 0 Å². The van der Waals surface area contributed by atoms with Crippen LogP contribution in [0.4, 0.5) is 0 Å². The lowest BCUT2D eigenvalue weighted by Gasteiger charge is -2.26. The Morgan fingerprint density at radius 2 is 1.95 bits per heavy atom. The lowest BCUT2D eigenvalue weighted by Crippen LogP contribution is -2.35. The number of carboxylic acids is 1. The summed E-state index contributed by atoms with van der Waals surface area (Å²) in [5, 5.41) is 12.6. The quantitative estimate of drug-likeness (QED) is 0.508. The van der Waals surface area contributed by atoms with E-state index in [1.807, 2.05) is 17.8 Å². The highest BCUT2D eigenvalue weighted by atomic mass is 79.9. The molecule has 0 heterocycles. The Kier molecular flexibility index (Phi) is 7.76. The highest BCUT2D eigenvalue weighted by molar-refractivity contribution is 9.10. The van der Waals surface area contributed by atoms with Gasteiger partial charge in [-0.1, -0.05) is 12.1 Å². The molecule has 1 aliphatic rings. The van der Waals surface area contributed by atoms with Crippen molar-refractivity contribution in [2.75, 3.05) is 12.3 Å². The number of hydrogen-bond donors (Lipinski definition) is 2. The summed E-state index contributed by atoms with van der Waals surface area (Å²) in [6.45, 7) is 1.04. The molecule has 22 heavy (non-hydrogen) atoms. The van der Waals surface area contributed by atoms with Crippen molar-refractivity contribution in [3.05, 3.63) is 28.7 Å². The Hall–Kier alpha value is -0.520. The Balaban J connectivity index is 1.51. The lowest BCUT2D eigenvalue weighted by atomic mass is 9.86. The van der Waals surface area contributed by atoms with Crippen molar-refractivity contribution in [1.82, 2.24) is 5.32 Å². The van der Waals surface area contributed by atoms with Gasteiger partial charge in [0.05, 0.1) is 5.92 Å². The van der Waals surface area contributed by atoms with Gasteiger partial charge in [-0.05, 0) is 78.9 Å². The molecule has 122 valence electrons. The van der Waals surface area contributed by atoms with Crippen LogP contribution in [0.2, 0.25) is 0 Å². The summed E-state index contributed by atoms with van der Waals surface area (Å²) in [5.41, 5.74) is 0. The van der Waals surface area contributed by atoms with E-state index < -0.39 is 5.97 Å². The average molecular weight is 386 g/mol. The number of hydrogen-bond acceptors (Lipinski definition) is 3. The van der Waals surface area contributed by atoms with Gasteiger partial charge in [-0.3, -0.25) is 4.79 Å². The minimum absolute atomic E-state index is 0.112. The fourth-order valence-corrected chi connectivity index (χ4v) is 4.40. The van der Waals surface area contributed by atoms with Crippen LogP contribution in [-0.2, 0) is 4.79 Å². The van der Waals surface area contributed by atoms with Crippen LogP contribution in [0.3, 0.4) is 0 Å². The fourth-order valence-electron chi connectivity index (χ4n) is 2.82. The van der Waals surface area contributed by atoms with Gasteiger partial charge in [-0.25, -0.2) is 0 Å². The zero-order valence-corrected chi connectivity index (χ0v) is 15.2. The zero-order valence-electron chi connectivity index (χ0n) is 12.8. The standard InChI is InChI=1S/C17H24BrNO2S/c18-15-5-1-2-6-16(15)22-12-4-3-11-19-14-9-7-13(8-10-14)17(20)21/h1-2,5-6,13-14,19H,3-4,7-12H2,(H,20,21). The molecule has 0 radical (unpaired) electrons. The molecule has 0 aliphatic heterocycles. The molecule has 1 aromatic carbocycles. The third kappa shape index (κ3) is 5.94. The molecule has 2 rings (SSSR count). The zero-order chi connectivity index (χ0) is 15.8. The van der Waals surface area contributed by atoms with Gasteiger partial charge >= 0.3 is 5.97 Å². The van der Waals surface area contributed by atoms with Gasteiger partial charge in [0.1, 0.15) is 0 Å². The van der Waals surface area contributed by atoms with Crippen molar-refractivity contribution in [2.45, 2.75) is 49.5 Å². The molecule has 1 aromatic rings. The van der Waals surface area contributed by atoms with E-state index >= 15 is 0 Å². The van der Waals surface area contributed by atoms with Crippen molar-refractivity contribution < 1.29 is 9.90 Å². The summed E-state index contributed by atoms with van der Waals surface area (Å²) in [4.78, 5) is 12.2. The van der Waals surface area contributed by atoms with Crippen LogP contribution < -0.4 is 5.32 Å². The summed E-state index contributed by atoms with van der Waals surface area (Å²) < 4.78 is 1.17. The lowest BCUT2D eigenvalue weighted by molar-refractivity contribution is -0.142. The highest BCUT2D eigenvalue weighted by Crippen LogP contribution is 2.27. The Morgan fingerprint density at radius 1 is 1.23 bits per heavy atom. The van der Waals surface area contributed by atoms with Gasteiger partial charge in [-0.2, -0.15) is 0 Å². The Morgan fingerprint density at radius 3 is 2.64 bits per heavy atom. The second-order valence-electron chi connectivity index (χ2n) is 5.83. The number of carboxylic acid groups (broad SMARTS) is 1. The van der Waals surface area contributed by atoms with Gasteiger partial charge in [0.2, 0.25) is 0 Å². The van der Waals surface area contributed by atoms with Crippen LogP contribution in [-0.4, -0.2) is 29.4 Å². The van der Waals surface area contributed by atoms with Crippen LogP contribution >= 0.6 is 27.7 Å². The summed E-state index contributed by atoms with van der Waals surface area (Å²) in [6, 6.07) is 8.86. The summed E-state index contributed by atoms with van der Waals surface area (Å²) in [7, 11) is 0. The number of rotatable bonds is 8. The molecular formula is C17H24BrNO2S. The molecule has 2 N–H and O–H groups in total. The summed E-state index contributed by atoms with van der Waals surface area (Å²) >= 11 is 5.47. The molecule has 0 atom stereocenters.